The Morgan fingerprint density at radius 2 is 1.58 bits per heavy atom. The molecule has 4 heteroatoms. The van der Waals surface area contributed by atoms with E-state index in [-0.39, 0.29) is 0 Å². The SMILES string of the molecule is c1ccc2c(c1)nc(C[NH+]1CCCCC1)n1c3ccccc3nc21. The Morgan fingerprint density at radius 3 is 2.46 bits per heavy atom. The highest BCUT2D eigenvalue weighted by Gasteiger charge is 2.19. The van der Waals surface area contributed by atoms with Gasteiger partial charge in [-0.25, -0.2) is 9.97 Å². The minimum absolute atomic E-state index is 0.974. The summed E-state index contributed by atoms with van der Waals surface area (Å²) in [4.78, 5) is 11.6. The van der Waals surface area contributed by atoms with E-state index in [9.17, 15) is 0 Å². The highest BCUT2D eigenvalue weighted by atomic mass is 15.2. The van der Waals surface area contributed by atoms with E-state index in [1.807, 2.05) is 0 Å². The first-order chi connectivity index (χ1) is 11.9. The summed E-state index contributed by atoms with van der Waals surface area (Å²) in [6.45, 7) is 3.48. The maximum atomic E-state index is 5.02. The summed E-state index contributed by atoms with van der Waals surface area (Å²) < 4.78 is 2.28. The van der Waals surface area contributed by atoms with Crippen LogP contribution >= 0.6 is 0 Å². The number of hydrogen-bond acceptors (Lipinski definition) is 2. The van der Waals surface area contributed by atoms with Crippen molar-refractivity contribution in [2.75, 3.05) is 13.1 Å². The van der Waals surface area contributed by atoms with E-state index in [0.717, 1.165) is 40.0 Å². The number of imidazole rings is 1. The van der Waals surface area contributed by atoms with Crippen molar-refractivity contribution in [3.05, 3.63) is 54.4 Å². The number of aromatic nitrogens is 3. The first-order valence-corrected chi connectivity index (χ1v) is 8.88. The Kier molecular flexibility index (Phi) is 3.23. The molecule has 5 rings (SSSR count). The van der Waals surface area contributed by atoms with Gasteiger partial charge in [-0.05, 0) is 43.5 Å². The van der Waals surface area contributed by atoms with E-state index < -0.39 is 0 Å². The van der Waals surface area contributed by atoms with Gasteiger partial charge in [0.1, 0.15) is 12.2 Å². The Hall–Kier alpha value is -2.46. The largest absolute Gasteiger partial charge is 0.329 e. The Labute approximate surface area is 140 Å². The normalized spacial score (nSPS) is 16.3. The number of nitrogens with one attached hydrogen (secondary N) is 1. The fraction of sp³-hybridized carbons (Fsp3) is 0.300. The third-order valence-corrected chi connectivity index (χ3v) is 5.18. The average Bonchev–Trinajstić information content (AvgIpc) is 3.03. The van der Waals surface area contributed by atoms with Crippen LogP contribution in [0.3, 0.4) is 0 Å². The second-order valence-corrected chi connectivity index (χ2v) is 6.79. The number of para-hydroxylation sites is 3. The minimum atomic E-state index is 0.974. The highest BCUT2D eigenvalue weighted by Crippen LogP contribution is 2.24. The molecule has 1 saturated heterocycles. The van der Waals surface area contributed by atoms with Crippen LogP contribution in [0.15, 0.2) is 48.5 Å². The number of nitrogens with zero attached hydrogens (tertiary/aromatic N) is 3. The van der Waals surface area contributed by atoms with E-state index in [2.05, 4.69) is 52.9 Å². The van der Waals surface area contributed by atoms with Crippen molar-refractivity contribution in [3.63, 3.8) is 0 Å². The van der Waals surface area contributed by atoms with Crippen LogP contribution < -0.4 is 4.90 Å². The van der Waals surface area contributed by atoms with Crippen molar-refractivity contribution in [1.82, 2.24) is 14.4 Å². The van der Waals surface area contributed by atoms with Gasteiger partial charge in [-0.15, -0.1) is 0 Å². The van der Waals surface area contributed by atoms with Crippen LogP contribution in [0.25, 0.3) is 27.6 Å². The van der Waals surface area contributed by atoms with Crippen molar-refractivity contribution in [1.29, 1.82) is 0 Å². The summed E-state index contributed by atoms with van der Waals surface area (Å²) in [5.41, 5.74) is 4.29. The molecule has 0 unspecified atom stereocenters. The third kappa shape index (κ3) is 2.18. The zero-order chi connectivity index (χ0) is 15.9. The number of quaternary nitrogens is 1. The molecule has 3 heterocycles. The summed E-state index contributed by atoms with van der Waals surface area (Å²) in [6, 6.07) is 16.7. The van der Waals surface area contributed by atoms with Crippen LogP contribution in [0, 0.1) is 0 Å². The molecule has 1 fully saturated rings. The lowest BCUT2D eigenvalue weighted by molar-refractivity contribution is -0.919. The van der Waals surface area contributed by atoms with Crippen LogP contribution in [0.2, 0.25) is 0 Å². The van der Waals surface area contributed by atoms with Crippen molar-refractivity contribution in [2.24, 2.45) is 0 Å². The fourth-order valence-corrected chi connectivity index (χ4v) is 3.99. The van der Waals surface area contributed by atoms with E-state index in [1.54, 1.807) is 4.90 Å². The maximum absolute atomic E-state index is 5.02. The van der Waals surface area contributed by atoms with Crippen molar-refractivity contribution >= 4 is 27.6 Å². The summed E-state index contributed by atoms with van der Waals surface area (Å²) in [6.07, 6.45) is 4.03. The lowest BCUT2D eigenvalue weighted by Crippen LogP contribution is -3.11. The molecule has 1 aliphatic heterocycles. The number of benzene rings is 2. The van der Waals surface area contributed by atoms with Crippen LogP contribution in [-0.2, 0) is 6.54 Å². The van der Waals surface area contributed by atoms with E-state index in [1.165, 1.54) is 32.4 Å². The van der Waals surface area contributed by atoms with Gasteiger partial charge >= 0.3 is 0 Å². The Bertz CT molecular complexity index is 1030. The predicted octanol–water partition coefficient (Wildman–Crippen LogP) is 2.60. The Morgan fingerprint density at radius 1 is 0.833 bits per heavy atom. The van der Waals surface area contributed by atoms with Gasteiger partial charge in [-0.1, -0.05) is 24.3 Å². The van der Waals surface area contributed by atoms with Crippen LogP contribution in [-0.4, -0.2) is 27.5 Å². The molecule has 4 aromatic rings. The van der Waals surface area contributed by atoms with Crippen molar-refractivity contribution < 1.29 is 4.90 Å². The molecule has 120 valence electrons. The quantitative estimate of drug-likeness (QED) is 0.617. The molecule has 1 N–H and O–H groups in total. The van der Waals surface area contributed by atoms with Gasteiger partial charge < -0.3 is 4.90 Å². The summed E-state index contributed by atoms with van der Waals surface area (Å²) in [7, 11) is 0. The number of hydrogen-bond donors (Lipinski definition) is 1. The predicted molar refractivity (Wildman–Crippen MR) is 96.3 cm³/mol. The van der Waals surface area contributed by atoms with Gasteiger partial charge in [0.15, 0.2) is 5.82 Å². The number of rotatable bonds is 2. The molecule has 2 aromatic carbocycles. The maximum Gasteiger partial charge on any atom is 0.171 e. The van der Waals surface area contributed by atoms with Gasteiger partial charge in [0, 0.05) is 5.39 Å². The molecular weight excluding hydrogens is 296 g/mol. The van der Waals surface area contributed by atoms with E-state index in [4.69, 9.17) is 9.97 Å². The van der Waals surface area contributed by atoms with Gasteiger partial charge in [0.2, 0.25) is 0 Å². The zero-order valence-electron chi connectivity index (χ0n) is 13.7. The van der Waals surface area contributed by atoms with E-state index >= 15 is 0 Å². The van der Waals surface area contributed by atoms with Crippen LogP contribution in [0.4, 0.5) is 0 Å². The molecule has 0 amide bonds. The standard InChI is InChI=1S/C20H20N4/c1-6-12-23(13-7-1)14-19-21-16-9-3-2-8-15(16)20-22-17-10-4-5-11-18(17)24(19)20/h2-5,8-11H,1,6-7,12-14H2/p+1. The monoisotopic (exact) mass is 317 g/mol. The lowest BCUT2D eigenvalue weighted by atomic mass is 10.1. The molecule has 1 aliphatic rings. The number of piperidine rings is 1. The van der Waals surface area contributed by atoms with Crippen molar-refractivity contribution in [3.8, 4) is 0 Å². The highest BCUT2D eigenvalue weighted by molar-refractivity contribution is 5.96. The van der Waals surface area contributed by atoms with Gasteiger partial charge in [0.05, 0.1) is 29.6 Å². The van der Waals surface area contributed by atoms with Gasteiger partial charge in [0.25, 0.3) is 0 Å². The van der Waals surface area contributed by atoms with Crippen LogP contribution in [0.1, 0.15) is 25.1 Å². The minimum Gasteiger partial charge on any atom is -0.329 e. The van der Waals surface area contributed by atoms with Crippen LogP contribution in [0.5, 0.6) is 0 Å². The molecule has 0 radical (unpaired) electrons. The number of likely N-dealkylation sites (tertiary alicyclic amines) is 1. The summed E-state index contributed by atoms with van der Waals surface area (Å²) in [5, 5.41) is 1.13. The summed E-state index contributed by atoms with van der Waals surface area (Å²) >= 11 is 0. The molecule has 0 aliphatic carbocycles. The lowest BCUT2D eigenvalue weighted by Gasteiger charge is -2.23. The zero-order valence-corrected chi connectivity index (χ0v) is 13.7. The Balaban J connectivity index is 1.79. The molecule has 0 atom stereocenters. The average molecular weight is 317 g/mol. The fourth-order valence-electron chi connectivity index (χ4n) is 3.99. The molecular formula is C20H21N4+. The molecule has 24 heavy (non-hydrogen) atoms. The van der Waals surface area contributed by atoms with Gasteiger partial charge in [-0.2, -0.15) is 0 Å². The smallest absolute Gasteiger partial charge is 0.171 e. The molecule has 2 aromatic heterocycles. The molecule has 0 saturated carbocycles. The number of fused-ring (bicyclic) bond motifs is 5. The topological polar surface area (TPSA) is 34.6 Å². The van der Waals surface area contributed by atoms with E-state index in [0.29, 0.717) is 0 Å². The second kappa shape index (κ2) is 5.56. The molecule has 0 bridgehead atoms. The molecule has 0 spiro atoms. The first-order valence-electron chi connectivity index (χ1n) is 8.88. The molecule has 4 nitrogen and oxygen atoms in total. The second-order valence-electron chi connectivity index (χ2n) is 6.79. The summed E-state index contributed by atoms with van der Waals surface area (Å²) in [5.74, 6) is 1.13. The van der Waals surface area contributed by atoms with Gasteiger partial charge in [-0.3, -0.25) is 4.40 Å². The third-order valence-electron chi connectivity index (χ3n) is 5.18. The first kappa shape index (κ1) is 13.9. The van der Waals surface area contributed by atoms with Crippen molar-refractivity contribution in [2.45, 2.75) is 25.8 Å².